The molecule has 0 saturated carbocycles. The summed E-state index contributed by atoms with van der Waals surface area (Å²) in [6.45, 7) is 8.00. The minimum atomic E-state index is -0.315. The topological polar surface area (TPSA) is 48.2 Å². The van der Waals surface area contributed by atoms with Crippen molar-refractivity contribution in [3.8, 4) is 0 Å². The van der Waals surface area contributed by atoms with E-state index in [0.717, 1.165) is 6.21 Å². The molecule has 0 spiro atoms. The number of halogens is 1. The first-order chi connectivity index (χ1) is 7.83. The molecule has 1 aromatic rings. The van der Waals surface area contributed by atoms with Crippen LogP contribution >= 0.6 is 0 Å². The molecule has 0 atom stereocenters. The number of benzene rings is 1. The van der Waals surface area contributed by atoms with E-state index in [1.165, 1.54) is 18.3 Å². The van der Waals surface area contributed by atoms with Crippen LogP contribution in [0, 0.1) is 11.2 Å². The number of nitrogens with one attached hydrogen (secondary N) is 2. The highest BCUT2D eigenvalue weighted by Crippen LogP contribution is 2.08. The number of hydrazone groups is 1. The van der Waals surface area contributed by atoms with Gasteiger partial charge < -0.3 is 5.41 Å². The molecule has 0 amide bonds. The Kier molecular flexibility index (Phi) is 13.9. The zero-order valence-electron chi connectivity index (χ0n) is 10.3. The molecule has 0 bridgehead atoms. The second kappa shape index (κ2) is 13.3. The summed E-state index contributed by atoms with van der Waals surface area (Å²) in [5.41, 5.74) is 3.13. The standard InChI is InChI=1S/C8H8FN3.2C2H6/c9-7-2-1-3-8(6-7)12-11-5-4-10;2*1-2/h1-6,10,12H;2*1-2H3/b10-4?,11-5-;;. The van der Waals surface area contributed by atoms with Crippen molar-refractivity contribution in [2.75, 3.05) is 5.43 Å². The summed E-state index contributed by atoms with van der Waals surface area (Å²) in [5, 5.41) is 10.2. The fourth-order valence-electron chi connectivity index (χ4n) is 0.707. The molecular formula is C12H20FN3. The van der Waals surface area contributed by atoms with Gasteiger partial charge in [-0.2, -0.15) is 5.10 Å². The van der Waals surface area contributed by atoms with Crippen molar-refractivity contribution in [2.24, 2.45) is 5.10 Å². The van der Waals surface area contributed by atoms with Gasteiger partial charge in [0.2, 0.25) is 0 Å². The quantitative estimate of drug-likeness (QED) is 0.594. The zero-order chi connectivity index (χ0) is 12.8. The fraction of sp³-hybridized carbons (Fsp3) is 0.333. The number of nitrogens with zero attached hydrogens (tertiary/aromatic N) is 1. The maximum absolute atomic E-state index is 12.5. The molecule has 0 aliphatic carbocycles. The molecule has 0 fully saturated rings. The van der Waals surface area contributed by atoms with Crippen LogP contribution in [-0.2, 0) is 0 Å². The second-order valence-corrected chi connectivity index (χ2v) is 2.07. The fourth-order valence-corrected chi connectivity index (χ4v) is 0.707. The Bertz CT molecular complexity index is 298. The molecule has 0 aliphatic rings. The van der Waals surface area contributed by atoms with E-state index < -0.39 is 0 Å². The summed E-state index contributed by atoms with van der Waals surface area (Å²) in [7, 11) is 0. The molecule has 0 radical (unpaired) electrons. The molecule has 0 unspecified atom stereocenters. The van der Waals surface area contributed by atoms with E-state index in [-0.39, 0.29) is 5.82 Å². The smallest absolute Gasteiger partial charge is 0.125 e. The largest absolute Gasteiger partial charge is 0.307 e. The summed E-state index contributed by atoms with van der Waals surface area (Å²) in [6.07, 6.45) is 2.30. The lowest BCUT2D eigenvalue weighted by Crippen LogP contribution is -1.89. The van der Waals surface area contributed by atoms with Crippen LogP contribution in [-0.4, -0.2) is 12.4 Å². The summed E-state index contributed by atoms with van der Waals surface area (Å²) in [5.74, 6) is -0.315. The summed E-state index contributed by atoms with van der Waals surface area (Å²) in [6, 6.07) is 5.94. The van der Waals surface area contributed by atoms with Gasteiger partial charge in [0.1, 0.15) is 5.82 Å². The van der Waals surface area contributed by atoms with E-state index in [4.69, 9.17) is 5.41 Å². The van der Waals surface area contributed by atoms with E-state index >= 15 is 0 Å². The van der Waals surface area contributed by atoms with Gasteiger partial charge in [-0.15, -0.1) is 0 Å². The maximum Gasteiger partial charge on any atom is 0.125 e. The Morgan fingerprint density at radius 1 is 1.25 bits per heavy atom. The third-order valence-electron chi connectivity index (χ3n) is 1.17. The lowest BCUT2D eigenvalue weighted by atomic mass is 10.3. The van der Waals surface area contributed by atoms with Gasteiger partial charge in [-0.25, -0.2) is 4.39 Å². The van der Waals surface area contributed by atoms with Crippen LogP contribution in [0.4, 0.5) is 10.1 Å². The van der Waals surface area contributed by atoms with Gasteiger partial charge in [0, 0.05) is 6.21 Å². The first kappa shape index (κ1) is 16.7. The van der Waals surface area contributed by atoms with E-state index in [0.29, 0.717) is 5.69 Å². The van der Waals surface area contributed by atoms with Gasteiger partial charge in [0.15, 0.2) is 0 Å². The van der Waals surface area contributed by atoms with Crippen LogP contribution in [0.1, 0.15) is 27.7 Å². The van der Waals surface area contributed by atoms with Crippen LogP contribution in [0.25, 0.3) is 0 Å². The summed E-state index contributed by atoms with van der Waals surface area (Å²) in [4.78, 5) is 0. The highest BCUT2D eigenvalue weighted by atomic mass is 19.1. The van der Waals surface area contributed by atoms with E-state index in [1.807, 2.05) is 27.7 Å². The highest BCUT2D eigenvalue weighted by Gasteiger charge is 1.90. The van der Waals surface area contributed by atoms with Crippen molar-refractivity contribution in [3.63, 3.8) is 0 Å². The van der Waals surface area contributed by atoms with Crippen LogP contribution in [0.15, 0.2) is 29.4 Å². The molecular weight excluding hydrogens is 205 g/mol. The lowest BCUT2D eigenvalue weighted by Gasteiger charge is -1.97. The number of hydrogen-bond acceptors (Lipinski definition) is 3. The molecule has 16 heavy (non-hydrogen) atoms. The van der Waals surface area contributed by atoms with Crippen molar-refractivity contribution in [3.05, 3.63) is 30.1 Å². The average Bonchev–Trinajstić information content (AvgIpc) is 2.35. The van der Waals surface area contributed by atoms with Crippen molar-refractivity contribution in [1.82, 2.24) is 0 Å². The molecule has 0 aromatic heterocycles. The lowest BCUT2D eigenvalue weighted by molar-refractivity contribution is 0.628. The average molecular weight is 225 g/mol. The second-order valence-electron chi connectivity index (χ2n) is 2.07. The molecule has 1 aromatic carbocycles. The first-order valence-corrected chi connectivity index (χ1v) is 5.36. The van der Waals surface area contributed by atoms with Crippen molar-refractivity contribution < 1.29 is 4.39 Å². The van der Waals surface area contributed by atoms with Gasteiger partial charge >= 0.3 is 0 Å². The maximum atomic E-state index is 12.5. The van der Waals surface area contributed by atoms with Crippen LogP contribution in [0.3, 0.4) is 0 Å². The summed E-state index contributed by atoms with van der Waals surface area (Å²) >= 11 is 0. The van der Waals surface area contributed by atoms with Crippen molar-refractivity contribution in [1.29, 1.82) is 5.41 Å². The minimum Gasteiger partial charge on any atom is -0.307 e. The predicted octanol–water partition coefficient (Wildman–Crippen LogP) is 3.93. The Morgan fingerprint density at radius 2 is 1.88 bits per heavy atom. The Balaban J connectivity index is 0. The van der Waals surface area contributed by atoms with Crippen LogP contribution < -0.4 is 5.43 Å². The van der Waals surface area contributed by atoms with E-state index in [1.54, 1.807) is 12.1 Å². The SMILES string of the molecule is CC.CC.N=C/C=N\Nc1cccc(F)c1. The van der Waals surface area contributed by atoms with E-state index in [2.05, 4.69) is 10.5 Å². The van der Waals surface area contributed by atoms with E-state index in [9.17, 15) is 4.39 Å². The molecule has 90 valence electrons. The molecule has 1 rings (SSSR count). The van der Waals surface area contributed by atoms with Crippen molar-refractivity contribution >= 4 is 18.1 Å². The Labute approximate surface area is 96.9 Å². The third-order valence-corrected chi connectivity index (χ3v) is 1.17. The molecule has 0 saturated heterocycles. The van der Waals surface area contributed by atoms with Crippen LogP contribution in [0.5, 0.6) is 0 Å². The Morgan fingerprint density at radius 3 is 2.38 bits per heavy atom. The van der Waals surface area contributed by atoms with Gasteiger partial charge in [-0.1, -0.05) is 33.8 Å². The molecule has 2 N–H and O–H groups in total. The molecule has 0 heterocycles. The zero-order valence-corrected chi connectivity index (χ0v) is 10.3. The molecule has 3 nitrogen and oxygen atoms in total. The molecule has 4 heteroatoms. The minimum absolute atomic E-state index is 0.315. The van der Waals surface area contributed by atoms with Crippen molar-refractivity contribution in [2.45, 2.75) is 27.7 Å². The summed E-state index contributed by atoms with van der Waals surface area (Å²) < 4.78 is 12.5. The van der Waals surface area contributed by atoms with Gasteiger partial charge in [-0.05, 0) is 18.2 Å². The normalized spacial score (nSPS) is 8.31. The van der Waals surface area contributed by atoms with Crippen LogP contribution in [0.2, 0.25) is 0 Å². The van der Waals surface area contributed by atoms with Gasteiger partial charge in [0.25, 0.3) is 0 Å². The number of hydrogen-bond donors (Lipinski definition) is 2. The Hall–Kier alpha value is -1.71. The predicted molar refractivity (Wildman–Crippen MR) is 70.0 cm³/mol. The molecule has 0 aliphatic heterocycles. The third kappa shape index (κ3) is 8.87. The first-order valence-electron chi connectivity index (χ1n) is 5.36. The van der Waals surface area contributed by atoms with Gasteiger partial charge in [0.05, 0.1) is 11.9 Å². The van der Waals surface area contributed by atoms with Gasteiger partial charge in [-0.3, -0.25) is 5.43 Å². The monoisotopic (exact) mass is 225 g/mol. The number of anilines is 1. The highest BCUT2D eigenvalue weighted by molar-refractivity contribution is 6.14. The number of rotatable bonds is 3.